The van der Waals surface area contributed by atoms with Gasteiger partial charge in [-0.05, 0) is 24.6 Å². The molecule has 0 N–H and O–H groups in total. The van der Waals surface area contributed by atoms with Crippen LogP contribution in [0.15, 0.2) is 24.3 Å². The van der Waals surface area contributed by atoms with Crippen LogP contribution in [0.1, 0.15) is 28.7 Å². The fraction of sp³-hybridized carbons (Fsp3) is 0.231. The smallest absolute Gasteiger partial charge is 0.212 e. The largest absolute Gasteiger partial charge is 0.287 e. The molecule has 0 aliphatic carbocycles. The van der Waals surface area contributed by atoms with Gasteiger partial charge in [-0.15, -0.1) is 0 Å². The second-order valence-corrected chi connectivity index (χ2v) is 4.71. The Labute approximate surface area is 115 Å². The molecular formula is C13H12Cl2N2O. The summed E-state index contributed by atoms with van der Waals surface area (Å²) in [5.41, 5.74) is 1.78. The molecule has 1 aromatic heterocycles. The van der Waals surface area contributed by atoms with E-state index in [1.165, 1.54) is 0 Å². The van der Waals surface area contributed by atoms with E-state index < -0.39 is 0 Å². The minimum Gasteiger partial charge on any atom is -0.287 e. The maximum absolute atomic E-state index is 12.4. The highest BCUT2D eigenvalue weighted by atomic mass is 35.5. The molecular weight excluding hydrogens is 271 g/mol. The minimum absolute atomic E-state index is 0.169. The lowest BCUT2D eigenvalue weighted by Gasteiger charge is -2.04. The van der Waals surface area contributed by atoms with Crippen molar-refractivity contribution in [3.8, 4) is 0 Å². The summed E-state index contributed by atoms with van der Waals surface area (Å²) in [5.74, 6) is -0.169. The molecule has 94 valence electrons. The van der Waals surface area contributed by atoms with Crippen molar-refractivity contribution in [1.29, 1.82) is 0 Å². The molecule has 0 aliphatic heterocycles. The monoisotopic (exact) mass is 282 g/mol. The van der Waals surface area contributed by atoms with Gasteiger partial charge in [-0.2, -0.15) is 5.10 Å². The van der Waals surface area contributed by atoms with Crippen LogP contribution in [0, 0.1) is 0 Å². The first kappa shape index (κ1) is 13.1. The number of hydrogen-bond acceptors (Lipinski definition) is 2. The number of aryl methyl sites for hydroxylation is 2. The van der Waals surface area contributed by atoms with Crippen LogP contribution in [0.25, 0.3) is 0 Å². The molecule has 0 aliphatic rings. The first-order valence-electron chi connectivity index (χ1n) is 5.56. The van der Waals surface area contributed by atoms with Crippen LogP contribution in [0.4, 0.5) is 0 Å². The standard InChI is InChI=1S/C13H12Cl2N2O/c1-3-8-7-11(17(2)16-8)13(18)9-5-4-6-10(14)12(9)15/h4-7H,3H2,1-2H3. The number of ketones is 1. The maximum Gasteiger partial charge on any atom is 0.212 e. The number of aromatic nitrogens is 2. The van der Waals surface area contributed by atoms with Crippen LogP contribution in [0.3, 0.4) is 0 Å². The average Bonchev–Trinajstić information content (AvgIpc) is 2.73. The molecule has 0 saturated heterocycles. The molecule has 2 aromatic rings. The summed E-state index contributed by atoms with van der Waals surface area (Å²) < 4.78 is 1.57. The molecule has 1 aromatic carbocycles. The van der Waals surface area contributed by atoms with Crippen LogP contribution in [0.5, 0.6) is 0 Å². The molecule has 0 bridgehead atoms. The number of rotatable bonds is 3. The van der Waals surface area contributed by atoms with E-state index in [2.05, 4.69) is 5.10 Å². The van der Waals surface area contributed by atoms with Gasteiger partial charge in [-0.3, -0.25) is 9.48 Å². The summed E-state index contributed by atoms with van der Waals surface area (Å²) in [6.07, 6.45) is 0.782. The molecule has 0 fully saturated rings. The molecule has 0 radical (unpaired) electrons. The van der Waals surface area contributed by atoms with E-state index >= 15 is 0 Å². The SMILES string of the molecule is CCc1cc(C(=O)c2cccc(Cl)c2Cl)n(C)n1. The van der Waals surface area contributed by atoms with Gasteiger partial charge in [-0.1, -0.05) is 36.2 Å². The van der Waals surface area contributed by atoms with Gasteiger partial charge >= 0.3 is 0 Å². The first-order valence-corrected chi connectivity index (χ1v) is 6.31. The van der Waals surface area contributed by atoms with E-state index in [9.17, 15) is 4.79 Å². The third-order valence-electron chi connectivity index (χ3n) is 2.72. The van der Waals surface area contributed by atoms with E-state index in [1.807, 2.05) is 6.92 Å². The molecule has 0 unspecified atom stereocenters. The Kier molecular flexibility index (Phi) is 3.73. The zero-order valence-electron chi connectivity index (χ0n) is 10.1. The van der Waals surface area contributed by atoms with Gasteiger partial charge in [0, 0.05) is 12.6 Å². The lowest BCUT2D eigenvalue weighted by molar-refractivity contribution is 0.103. The van der Waals surface area contributed by atoms with Crippen LogP contribution in [-0.2, 0) is 13.5 Å². The number of carbonyl (C=O) groups excluding carboxylic acids is 1. The van der Waals surface area contributed by atoms with Gasteiger partial charge < -0.3 is 0 Å². The molecule has 0 atom stereocenters. The highest BCUT2D eigenvalue weighted by Gasteiger charge is 2.18. The van der Waals surface area contributed by atoms with Gasteiger partial charge in [0.2, 0.25) is 5.78 Å². The van der Waals surface area contributed by atoms with Crippen molar-refractivity contribution >= 4 is 29.0 Å². The molecule has 5 heteroatoms. The Hall–Kier alpha value is -1.32. The van der Waals surface area contributed by atoms with E-state index in [0.29, 0.717) is 16.3 Å². The lowest BCUT2D eigenvalue weighted by atomic mass is 10.1. The van der Waals surface area contributed by atoms with Crippen molar-refractivity contribution in [2.75, 3.05) is 0 Å². The summed E-state index contributed by atoms with van der Waals surface area (Å²) >= 11 is 12.0. The average molecular weight is 283 g/mol. The van der Waals surface area contributed by atoms with Crippen LogP contribution in [0.2, 0.25) is 10.0 Å². The third kappa shape index (κ3) is 2.28. The fourth-order valence-electron chi connectivity index (χ4n) is 1.73. The van der Waals surface area contributed by atoms with Crippen molar-refractivity contribution in [2.24, 2.45) is 7.05 Å². The second-order valence-electron chi connectivity index (χ2n) is 3.93. The van der Waals surface area contributed by atoms with E-state index in [1.54, 1.807) is 36.0 Å². The van der Waals surface area contributed by atoms with Gasteiger partial charge in [-0.25, -0.2) is 0 Å². The summed E-state index contributed by atoms with van der Waals surface area (Å²) in [4.78, 5) is 12.4. The van der Waals surface area contributed by atoms with Crippen LogP contribution in [-0.4, -0.2) is 15.6 Å². The van der Waals surface area contributed by atoms with Crippen molar-refractivity contribution in [3.05, 3.63) is 51.3 Å². The normalized spacial score (nSPS) is 10.7. The van der Waals surface area contributed by atoms with E-state index in [-0.39, 0.29) is 10.8 Å². The number of carbonyl (C=O) groups is 1. The van der Waals surface area contributed by atoms with Gasteiger partial charge in [0.1, 0.15) is 5.69 Å². The molecule has 18 heavy (non-hydrogen) atoms. The van der Waals surface area contributed by atoms with E-state index in [4.69, 9.17) is 23.2 Å². The second kappa shape index (κ2) is 5.12. The third-order valence-corrected chi connectivity index (χ3v) is 3.54. The summed E-state index contributed by atoms with van der Waals surface area (Å²) in [6, 6.07) is 6.80. The van der Waals surface area contributed by atoms with Crippen molar-refractivity contribution in [3.63, 3.8) is 0 Å². The molecule has 0 amide bonds. The topological polar surface area (TPSA) is 34.9 Å². The van der Waals surface area contributed by atoms with Crippen molar-refractivity contribution in [1.82, 2.24) is 9.78 Å². The Morgan fingerprint density at radius 3 is 2.72 bits per heavy atom. The van der Waals surface area contributed by atoms with Crippen LogP contribution < -0.4 is 0 Å². The number of nitrogens with zero attached hydrogens (tertiary/aromatic N) is 2. The molecule has 0 saturated carbocycles. The number of hydrogen-bond donors (Lipinski definition) is 0. The minimum atomic E-state index is -0.169. The summed E-state index contributed by atoms with van der Waals surface area (Å²) in [7, 11) is 1.74. The van der Waals surface area contributed by atoms with Crippen molar-refractivity contribution in [2.45, 2.75) is 13.3 Å². The summed E-state index contributed by atoms with van der Waals surface area (Å²) in [5, 5.41) is 4.90. The van der Waals surface area contributed by atoms with Gasteiger partial charge in [0.05, 0.1) is 15.7 Å². The molecule has 2 rings (SSSR count). The Balaban J connectivity index is 2.48. The van der Waals surface area contributed by atoms with Crippen molar-refractivity contribution < 1.29 is 4.79 Å². The molecule has 1 heterocycles. The Morgan fingerprint density at radius 2 is 2.11 bits per heavy atom. The van der Waals surface area contributed by atoms with E-state index in [0.717, 1.165) is 12.1 Å². The molecule has 0 spiro atoms. The number of halogens is 2. The quantitative estimate of drug-likeness (QED) is 0.808. The zero-order chi connectivity index (χ0) is 13.3. The fourth-order valence-corrected chi connectivity index (χ4v) is 2.12. The predicted molar refractivity (Wildman–Crippen MR) is 72.5 cm³/mol. The predicted octanol–water partition coefficient (Wildman–Crippen LogP) is 3.52. The Morgan fingerprint density at radius 1 is 1.39 bits per heavy atom. The van der Waals surface area contributed by atoms with Gasteiger partial charge in [0.15, 0.2) is 0 Å². The Bertz CT molecular complexity index is 605. The highest BCUT2D eigenvalue weighted by Crippen LogP contribution is 2.27. The first-order chi connectivity index (χ1) is 8.54. The zero-order valence-corrected chi connectivity index (χ0v) is 11.6. The maximum atomic E-state index is 12.4. The van der Waals surface area contributed by atoms with Crippen LogP contribution >= 0.6 is 23.2 Å². The number of benzene rings is 1. The van der Waals surface area contributed by atoms with Gasteiger partial charge in [0.25, 0.3) is 0 Å². The summed E-state index contributed by atoms with van der Waals surface area (Å²) in [6.45, 7) is 1.99. The molecule has 3 nitrogen and oxygen atoms in total. The lowest BCUT2D eigenvalue weighted by Crippen LogP contribution is -2.08. The highest BCUT2D eigenvalue weighted by molar-refractivity contribution is 6.44.